The van der Waals surface area contributed by atoms with Crippen molar-refractivity contribution in [2.45, 2.75) is 0 Å². The Bertz CT molecular complexity index is 1090. The van der Waals surface area contributed by atoms with Crippen LogP contribution in [-0.4, -0.2) is 26.5 Å². The maximum absolute atomic E-state index is 13.4. The van der Waals surface area contributed by atoms with E-state index < -0.39 is 17.5 Å². The predicted octanol–water partition coefficient (Wildman–Crippen LogP) is 3.36. The van der Waals surface area contributed by atoms with Gasteiger partial charge in [0.05, 0.1) is 10.6 Å². The summed E-state index contributed by atoms with van der Waals surface area (Å²) < 4.78 is 26.5. The topological polar surface area (TPSA) is 119 Å². The van der Waals surface area contributed by atoms with E-state index in [2.05, 4.69) is 31.3 Å². The fourth-order valence-electron chi connectivity index (χ4n) is 2.16. The van der Waals surface area contributed by atoms with Crippen LogP contribution in [0.4, 0.5) is 20.2 Å². The van der Waals surface area contributed by atoms with Gasteiger partial charge in [0.25, 0.3) is 5.91 Å². The molecule has 1 heterocycles. The van der Waals surface area contributed by atoms with Crippen molar-refractivity contribution in [3.8, 4) is 6.07 Å². The van der Waals surface area contributed by atoms with Gasteiger partial charge in [-0.15, -0.1) is 10.2 Å². The first-order chi connectivity index (χ1) is 13.5. The summed E-state index contributed by atoms with van der Waals surface area (Å²) in [5, 5.41) is 27.4. The lowest BCUT2D eigenvalue weighted by molar-refractivity contribution is 0.102. The van der Waals surface area contributed by atoms with Gasteiger partial charge in [0.15, 0.2) is 11.6 Å². The molecule has 1 amide bonds. The lowest BCUT2D eigenvalue weighted by Gasteiger charge is -2.09. The van der Waals surface area contributed by atoms with Crippen molar-refractivity contribution >= 4 is 34.5 Å². The van der Waals surface area contributed by atoms with Crippen LogP contribution in [0.15, 0.2) is 42.6 Å². The summed E-state index contributed by atoms with van der Waals surface area (Å²) in [5.74, 6) is -2.91. The molecule has 140 valence electrons. The minimum atomic E-state index is -1.18. The molecule has 28 heavy (non-hydrogen) atoms. The van der Waals surface area contributed by atoms with E-state index in [1.807, 2.05) is 6.07 Å². The number of amides is 1. The number of nitrogens with one attached hydrogen (secondary N) is 3. The maximum atomic E-state index is 13.4. The van der Waals surface area contributed by atoms with Crippen LogP contribution in [0.1, 0.15) is 16.2 Å². The summed E-state index contributed by atoms with van der Waals surface area (Å²) in [4.78, 5) is 12.3. The summed E-state index contributed by atoms with van der Waals surface area (Å²) in [6.07, 6.45) is 1.37. The van der Waals surface area contributed by atoms with Gasteiger partial charge < -0.3 is 10.6 Å². The summed E-state index contributed by atoms with van der Waals surface area (Å²) in [6, 6.07) is 9.85. The number of anilines is 2. The number of halogens is 3. The molecule has 2 aromatic carbocycles. The second-order valence-electron chi connectivity index (χ2n) is 5.33. The van der Waals surface area contributed by atoms with Crippen LogP contribution < -0.4 is 10.6 Å². The number of hydrogen-bond acceptors (Lipinski definition) is 6. The maximum Gasteiger partial charge on any atom is 0.257 e. The van der Waals surface area contributed by atoms with Crippen LogP contribution in [0.3, 0.4) is 0 Å². The smallest absolute Gasteiger partial charge is 0.257 e. The number of nitrogens with zero attached hydrogens (tertiary/aromatic N) is 4. The van der Waals surface area contributed by atoms with E-state index >= 15 is 0 Å². The van der Waals surface area contributed by atoms with Gasteiger partial charge in [-0.2, -0.15) is 10.5 Å². The Morgan fingerprint density at radius 1 is 1.21 bits per heavy atom. The molecule has 0 aliphatic heterocycles. The molecular weight excluding hydrogens is 392 g/mol. The van der Waals surface area contributed by atoms with Gasteiger partial charge in [-0.1, -0.05) is 17.7 Å². The van der Waals surface area contributed by atoms with Gasteiger partial charge in [0, 0.05) is 17.6 Å². The third-order valence-corrected chi connectivity index (χ3v) is 3.78. The Balaban J connectivity index is 1.76. The lowest BCUT2D eigenvalue weighted by atomic mass is 10.2. The van der Waals surface area contributed by atoms with Crippen molar-refractivity contribution in [1.29, 1.82) is 5.26 Å². The number of H-pyrrole nitrogens is 1. The van der Waals surface area contributed by atoms with E-state index in [9.17, 15) is 13.6 Å². The number of aromatic amines is 1. The van der Waals surface area contributed by atoms with Crippen LogP contribution in [0.5, 0.6) is 0 Å². The first-order valence-corrected chi connectivity index (χ1v) is 8.02. The third kappa shape index (κ3) is 4.28. The molecule has 0 bridgehead atoms. The number of hydrogen-bond donors (Lipinski definition) is 3. The van der Waals surface area contributed by atoms with Crippen LogP contribution in [0.2, 0.25) is 5.02 Å². The number of carbonyl (C=O) groups excluding carboxylic acids is 1. The molecule has 3 N–H and O–H groups in total. The highest BCUT2D eigenvalue weighted by atomic mass is 35.5. The van der Waals surface area contributed by atoms with Gasteiger partial charge in [0.1, 0.15) is 11.6 Å². The molecule has 0 aliphatic carbocycles. The van der Waals surface area contributed by atoms with Crippen LogP contribution in [-0.2, 0) is 0 Å². The van der Waals surface area contributed by atoms with Crippen molar-refractivity contribution in [3.63, 3.8) is 0 Å². The molecular formula is C17H10ClF2N7O. The highest BCUT2D eigenvalue weighted by Gasteiger charge is 2.15. The number of aromatic nitrogens is 4. The molecule has 0 saturated carbocycles. The van der Waals surface area contributed by atoms with Crippen molar-refractivity contribution < 1.29 is 13.6 Å². The largest absolute Gasteiger partial charge is 0.360 e. The average molecular weight is 402 g/mol. The second-order valence-corrected chi connectivity index (χ2v) is 5.74. The SMILES string of the molecule is N#CC(=CNc1cccc(NC(=O)c2cc(F)c(F)cc2Cl)c1)c1nn[nH]n1. The zero-order valence-electron chi connectivity index (χ0n) is 13.9. The Morgan fingerprint density at radius 3 is 2.68 bits per heavy atom. The van der Waals surface area contributed by atoms with Crippen molar-refractivity contribution in [2.75, 3.05) is 10.6 Å². The standard InChI is InChI=1S/C17H10ClF2N7O/c18-13-6-15(20)14(19)5-12(13)17(28)23-11-3-1-2-10(4-11)22-8-9(7-21)16-24-26-27-25-16/h1-6,8,22H,(H,23,28)(H,24,25,26,27). The van der Waals surface area contributed by atoms with E-state index in [-0.39, 0.29) is 22.0 Å². The molecule has 3 rings (SSSR count). The molecule has 1 aromatic heterocycles. The van der Waals surface area contributed by atoms with Crippen molar-refractivity contribution in [2.24, 2.45) is 0 Å². The van der Waals surface area contributed by atoms with Gasteiger partial charge >= 0.3 is 0 Å². The van der Waals surface area contributed by atoms with Crippen LogP contribution in [0, 0.1) is 23.0 Å². The highest BCUT2D eigenvalue weighted by Crippen LogP contribution is 2.22. The van der Waals surface area contributed by atoms with E-state index in [0.717, 1.165) is 12.1 Å². The summed E-state index contributed by atoms with van der Waals surface area (Å²) in [7, 11) is 0. The minimum absolute atomic E-state index is 0.118. The normalized spacial score (nSPS) is 11.0. The average Bonchev–Trinajstić information content (AvgIpc) is 3.20. The minimum Gasteiger partial charge on any atom is -0.360 e. The second kappa shape index (κ2) is 8.24. The van der Waals surface area contributed by atoms with Gasteiger partial charge in [-0.05, 0) is 35.5 Å². The first-order valence-electron chi connectivity index (χ1n) is 7.64. The molecule has 0 fully saturated rings. The van der Waals surface area contributed by atoms with Crippen molar-refractivity contribution in [3.05, 3.63) is 70.6 Å². The molecule has 11 heteroatoms. The monoisotopic (exact) mass is 401 g/mol. The van der Waals surface area contributed by atoms with Crippen LogP contribution >= 0.6 is 11.6 Å². The van der Waals surface area contributed by atoms with Gasteiger partial charge in [0.2, 0.25) is 5.82 Å². The molecule has 0 radical (unpaired) electrons. The number of tetrazole rings is 1. The molecule has 0 spiro atoms. The summed E-state index contributed by atoms with van der Waals surface area (Å²) in [5.41, 5.74) is 0.826. The summed E-state index contributed by atoms with van der Waals surface area (Å²) >= 11 is 5.81. The molecule has 0 aliphatic rings. The number of carbonyl (C=O) groups is 1. The van der Waals surface area contributed by atoms with E-state index in [1.165, 1.54) is 6.20 Å². The first kappa shape index (κ1) is 18.9. The van der Waals surface area contributed by atoms with Gasteiger partial charge in [-0.3, -0.25) is 4.79 Å². The quantitative estimate of drug-likeness (QED) is 0.445. The number of rotatable bonds is 5. The number of allylic oxidation sites excluding steroid dienone is 1. The Labute approximate surface area is 161 Å². The van der Waals surface area contributed by atoms with Crippen molar-refractivity contribution in [1.82, 2.24) is 20.6 Å². The molecule has 8 nitrogen and oxygen atoms in total. The summed E-state index contributed by atoms with van der Waals surface area (Å²) in [6.45, 7) is 0. The zero-order chi connectivity index (χ0) is 20.1. The predicted molar refractivity (Wildman–Crippen MR) is 97.2 cm³/mol. The molecule has 0 saturated heterocycles. The third-order valence-electron chi connectivity index (χ3n) is 3.46. The fourth-order valence-corrected chi connectivity index (χ4v) is 2.40. The Morgan fingerprint density at radius 2 is 1.96 bits per heavy atom. The fraction of sp³-hybridized carbons (Fsp3) is 0. The zero-order valence-corrected chi connectivity index (χ0v) is 14.6. The molecule has 3 aromatic rings. The van der Waals surface area contributed by atoms with E-state index in [4.69, 9.17) is 16.9 Å². The van der Waals surface area contributed by atoms with E-state index in [0.29, 0.717) is 11.4 Å². The molecule has 0 unspecified atom stereocenters. The Kier molecular flexibility index (Phi) is 5.57. The lowest BCUT2D eigenvalue weighted by Crippen LogP contribution is -2.13. The van der Waals surface area contributed by atoms with E-state index in [1.54, 1.807) is 24.3 Å². The molecule has 0 atom stereocenters. The van der Waals surface area contributed by atoms with Crippen LogP contribution in [0.25, 0.3) is 5.57 Å². The Hall–Kier alpha value is -3.84. The highest BCUT2D eigenvalue weighted by molar-refractivity contribution is 6.34. The van der Waals surface area contributed by atoms with Gasteiger partial charge in [-0.25, -0.2) is 8.78 Å². The number of nitriles is 1. The number of benzene rings is 2.